The molecule has 10 heteroatoms. The van der Waals surface area contributed by atoms with Crippen molar-refractivity contribution in [3.8, 4) is 11.8 Å². The zero-order chi connectivity index (χ0) is 22.9. The third kappa shape index (κ3) is 8.87. The summed E-state index contributed by atoms with van der Waals surface area (Å²) in [6.45, 7) is 9.60. The Hall–Kier alpha value is -1.23. The van der Waals surface area contributed by atoms with Gasteiger partial charge in [0.1, 0.15) is 24.2 Å². The zero-order valence-electron chi connectivity index (χ0n) is 15.9. The van der Waals surface area contributed by atoms with Crippen LogP contribution in [0, 0.1) is 30.6 Å². The average molecular weight is 747 g/mol. The number of amides is 1. The normalized spacial score (nSPS) is 11.9. The number of hydrogen-bond donors (Lipinski definition) is 2. The number of carbonyl (C=O) groups excluding carboxylic acids is 1. The summed E-state index contributed by atoms with van der Waals surface area (Å²) in [5, 5.41) is 21.6. The third-order valence-electron chi connectivity index (χ3n) is 3.65. The van der Waals surface area contributed by atoms with Gasteiger partial charge >= 0.3 is 0 Å². The van der Waals surface area contributed by atoms with E-state index >= 15 is 0 Å². The molecule has 0 aromatic heterocycles. The van der Waals surface area contributed by atoms with Crippen LogP contribution in [0.1, 0.15) is 18.1 Å². The lowest BCUT2D eigenvalue weighted by Crippen LogP contribution is -2.45. The number of benzene rings is 2. The molecule has 1 atom stereocenters. The molecule has 0 spiro atoms. The molecule has 0 aliphatic heterocycles. The highest BCUT2D eigenvalue weighted by molar-refractivity contribution is 14.3. The van der Waals surface area contributed by atoms with Crippen molar-refractivity contribution in [3.63, 3.8) is 0 Å². The highest BCUT2D eigenvalue weighted by Gasteiger charge is 2.31. The van der Waals surface area contributed by atoms with E-state index in [0.29, 0.717) is 16.9 Å². The first-order chi connectivity index (χ1) is 14.0. The number of anilines is 1. The van der Waals surface area contributed by atoms with Gasteiger partial charge in [-0.2, -0.15) is 5.26 Å². The topological polar surface area (TPSA) is 86.7 Å². The van der Waals surface area contributed by atoms with Gasteiger partial charge in [0.15, 0.2) is 11.3 Å². The Kier molecular flexibility index (Phi) is 11.2. The van der Waals surface area contributed by atoms with E-state index in [9.17, 15) is 14.3 Å². The molecule has 0 aliphatic rings. The fourth-order valence-corrected chi connectivity index (χ4v) is 2.09. The van der Waals surface area contributed by atoms with Crippen molar-refractivity contribution < 1.29 is 19.0 Å². The molecule has 0 saturated heterocycles. The molecule has 0 radical (unpaired) electrons. The van der Waals surface area contributed by atoms with E-state index in [1.54, 1.807) is 31.2 Å². The maximum atomic E-state index is 13.6. The SMILES string of the molecule is IC(I)I.[C-]#[N+]c1ccc(NC(=O)[C@@](C)(O)COc2ccc(C#N)c(F)c2)cc1C. The summed E-state index contributed by atoms with van der Waals surface area (Å²) in [4.78, 5) is 15.6. The van der Waals surface area contributed by atoms with Crippen molar-refractivity contribution in [2.45, 2.75) is 19.4 Å². The van der Waals surface area contributed by atoms with Gasteiger partial charge in [-0.1, -0.05) is 73.8 Å². The molecule has 2 N–H and O–H groups in total. The summed E-state index contributed by atoms with van der Waals surface area (Å²) in [6, 6.07) is 10.1. The number of halogens is 4. The number of aliphatic hydroxyl groups is 1. The second-order valence-electron chi connectivity index (χ2n) is 6.13. The second-order valence-corrected chi connectivity index (χ2v) is 17.0. The Morgan fingerprint density at radius 2 is 2.00 bits per heavy atom. The third-order valence-corrected chi connectivity index (χ3v) is 3.65. The molecule has 0 unspecified atom stereocenters. The molecule has 0 heterocycles. The minimum Gasteiger partial charge on any atom is -0.490 e. The number of alkyl halides is 3. The quantitative estimate of drug-likeness (QED) is 0.227. The Morgan fingerprint density at radius 3 is 2.50 bits per heavy atom. The van der Waals surface area contributed by atoms with Crippen molar-refractivity contribution in [1.29, 1.82) is 5.26 Å². The van der Waals surface area contributed by atoms with E-state index in [4.69, 9.17) is 16.6 Å². The summed E-state index contributed by atoms with van der Waals surface area (Å²) >= 11 is 6.95. The molecule has 30 heavy (non-hydrogen) atoms. The standard InChI is InChI=1S/C19H16FN3O3.CHI3/c1-12-8-14(5-7-17(12)22-3)23-18(24)19(2,25)11-26-15-6-4-13(10-21)16(20)9-15;2-1(3)4/h4-9,25H,11H2,1-2H3,(H,23,24);1H/t19-;/m0./s1. The van der Waals surface area contributed by atoms with E-state index in [0.717, 1.165) is 6.00 Å². The number of carbonyl (C=O) groups is 1. The van der Waals surface area contributed by atoms with Crippen LogP contribution in [0.3, 0.4) is 0 Å². The summed E-state index contributed by atoms with van der Waals surface area (Å²) in [5.41, 5.74) is -0.399. The van der Waals surface area contributed by atoms with Gasteiger partial charge < -0.3 is 15.2 Å². The summed E-state index contributed by atoms with van der Waals surface area (Å²) in [5.74, 6) is -1.36. The first-order valence-corrected chi connectivity index (χ1v) is 12.0. The van der Waals surface area contributed by atoms with Crippen LogP contribution in [0.15, 0.2) is 36.4 Å². The van der Waals surface area contributed by atoms with Crippen LogP contribution in [0.25, 0.3) is 4.85 Å². The first-order valence-electron chi connectivity index (χ1n) is 8.26. The fourth-order valence-electron chi connectivity index (χ4n) is 2.09. The first kappa shape index (κ1) is 26.8. The molecule has 0 fully saturated rings. The second kappa shape index (κ2) is 12.6. The van der Waals surface area contributed by atoms with Crippen LogP contribution in [0.4, 0.5) is 15.8 Å². The number of ether oxygens (including phenoxy) is 1. The number of nitrogens with one attached hydrogen (secondary N) is 1. The highest BCUT2D eigenvalue weighted by Crippen LogP contribution is 2.23. The average Bonchev–Trinajstić information content (AvgIpc) is 2.66. The molecule has 0 bridgehead atoms. The molecule has 2 aromatic rings. The summed E-state index contributed by atoms with van der Waals surface area (Å²) in [7, 11) is 0. The predicted octanol–water partition coefficient (Wildman–Crippen LogP) is 5.90. The van der Waals surface area contributed by atoms with Gasteiger partial charge in [0.2, 0.25) is 0 Å². The zero-order valence-corrected chi connectivity index (χ0v) is 22.4. The molecule has 2 rings (SSSR count). The number of hydrogen-bond acceptors (Lipinski definition) is 4. The number of rotatable bonds is 5. The van der Waals surface area contributed by atoms with Crippen molar-refractivity contribution in [2.75, 3.05) is 11.9 Å². The monoisotopic (exact) mass is 747 g/mol. The van der Waals surface area contributed by atoms with Gasteiger partial charge in [-0.25, -0.2) is 9.24 Å². The molecule has 6 nitrogen and oxygen atoms in total. The molecular formula is C20H17FI3N3O3. The van der Waals surface area contributed by atoms with Gasteiger partial charge in [0, 0.05) is 11.8 Å². The van der Waals surface area contributed by atoms with E-state index in [-0.39, 0.29) is 11.3 Å². The van der Waals surface area contributed by atoms with Crippen LogP contribution >= 0.6 is 67.8 Å². The summed E-state index contributed by atoms with van der Waals surface area (Å²) < 4.78 is 19.6. The van der Waals surface area contributed by atoms with Crippen LogP contribution in [0.2, 0.25) is 0 Å². The van der Waals surface area contributed by atoms with Crippen LogP contribution in [0.5, 0.6) is 5.75 Å². The Labute approximate surface area is 215 Å². The Balaban J connectivity index is 0.00000103. The smallest absolute Gasteiger partial charge is 0.259 e. The van der Waals surface area contributed by atoms with Crippen LogP contribution in [-0.4, -0.2) is 23.2 Å². The Bertz CT molecular complexity index is 983. The largest absolute Gasteiger partial charge is 0.490 e. The van der Waals surface area contributed by atoms with Crippen molar-refractivity contribution >= 4 is 85.1 Å². The lowest BCUT2D eigenvalue weighted by atomic mass is 10.1. The Morgan fingerprint density at radius 1 is 1.37 bits per heavy atom. The minimum atomic E-state index is -1.88. The molecule has 158 valence electrons. The van der Waals surface area contributed by atoms with Crippen LogP contribution < -0.4 is 10.1 Å². The molecule has 1 amide bonds. The molecule has 0 saturated carbocycles. The van der Waals surface area contributed by atoms with E-state index in [1.807, 2.05) is 0 Å². The number of nitrogens with zero attached hydrogens (tertiary/aromatic N) is 2. The van der Waals surface area contributed by atoms with Crippen molar-refractivity contribution in [3.05, 3.63) is 64.8 Å². The van der Waals surface area contributed by atoms with Gasteiger partial charge in [0.25, 0.3) is 5.91 Å². The summed E-state index contributed by atoms with van der Waals surface area (Å²) in [6.07, 6.45) is 0. The van der Waals surface area contributed by atoms with Crippen LogP contribution in [-0.2, 0) is 4.79 Å². The van der Waals surface area contributed by atoms with E-state index in [1.165, 1.54) is 19.1 Å². The maximum Gasteiger partial charge on any atom is 0.259 e. The van der Waals surface area contributed by atoms with Gasteiger partial charge in [-0.05, 0) is 43.7 Å². The van der Waals surface area contributed by atoms with Gasteiger partial charge in [0.05, 0.1) is 12.1 Å². The lowest BCUT2D eigenvalue weighted by Gasteiger charge is -2.23. The molecule has 0 aliphatic carbocycles. The number of aryl methyl sites for hydroxylation is 1. The van der Waals surface area contributed by atoms with Crippen molar-refractivity contribution in [1.82, 2.24) is 0 Å². The minimum absolute atomic E-state index is 0.0897. The van der Waals surface area contributed by atoms with Crippen molar-refractivity contribution in [2.24, 2.45) is 0 Å². The van der Waals surface area contributed by atoms with E-state index < -0.39 is 23.9 Å². The van der Waals surface area contributed by atoms with E-state index in [2.05, 4.69) is 77.9 Å². The fraction of sp³-hybridized carbons (Fsp3) is 0.250. The molecule has 2 aromatic carbocycles. The highest BCUT2D eigenvalue weighted by atomic mass is 127. The molecular weight excluding hydrogens is 730 g/mol. The lowest BCUT2D eigenvalue weighted by molar-refractivity contribution is -0.135. The number of nitriles is 1. The van der Waals surface area contributed by atoms with Gasteiger partial charge in [-0.15, -0.1) is 0 Å². The maximum absolute atomic E-state index is 13.6. The predicted molar refractivity (Wildman–Crippen MR) is 139 cm³/mol. The van der Waals surface area contributed by atoms with Gasteiger partial charge in [-0.3, -0.25) is 4.79 Å².